The van der Waals surface area contributed by atoms with Crippen molar-refractivity contribution in [3.05, 3.63) is 23.1 Å². The molecule has 4 nitrogen and oxygen atoms in total. The van der Waals surface area contributed by atoms with E-state index in [4.69, 9.17) is 27.9 Å². The summed E-state index contributed by atoms with van der Waals surface area (Å²) in [5, 5.41) is 0.613. The maximum atomic E-state index is 5.99. The summed E-state index contributed by atoms with van der Waals surface area (Å²) in [5.74, 6) is 1.55. The van der Waals surface area contributed by atoms with Gasteiger partial charge in [-0.2, -0.15) is 0 Å². The van der Waals surface area contributed by atoms with Gasteiger partial charge in [-0.3, -0.25) is 0 Å². The molecule has 2 aromatic heterocycles. The van der Waals surface area contributed by atoms with Crippen LogP contribution in [0.2, 0.25) is 5.02 Å². The first kappa shape index (κ1) is 13.2. The van der Waals surface area contributed by atoms with E-state index in [1.165, 1.54) is 0 Å². The molecule has 0 unspecified atom stereocenters. The van der Waals surface area contributed by atoms with Gasteiger partial charge in [0.25, 0.3) is 0 Å². The Morgan fingerprint density at radius 1 is 1.37 bits per heavy atom. The van der Waals surface area contributed by atoms with Crippen LogP contribution in [0.4, 0.5) is 0 Å². The number of hydrogen-bond donors (Lipinski definition) is 0. The Kier molecular flexibility index (Phi) is 3.91. The summed E-state index contributed by atoms with van der Waals surface area (Å²) >= 11 is 11.9. The van der Waals surface area contributed by atoms with E-state index in [1.807, 2.05) is 6.07 Å². The number of aryl methyl sites for hydroxylation is 1. The van der Waals surface area contributed by atoms with Crippen LogP contribution in [-0.4, -0.2) is 33.6 Å². The van der Waals surface area contributed by atoms with E-state index in [0.717, 1.165) is 49.5 Å². The molecule has 0 bridgehead atoms. The van der Waals surface area contributed by atoms with Gasteiger partial charge in [0.2, 0.25) is 0 Å². The quantitative estimate of drug-likeness (QED) is 0.817. The van der Waals surface area contributed by atoms with Gasteiger partial charge in [-0.15, -0.1) is 11.6 Å². The van der Waals surface area contributed by atoms with Gasteiger partial charge in [0.1, 0.15) is 11.3 Å². The van der Waals surface area contributed by atoms with Crippen LogP contribution in [0, 0.1) is 0 Å². The first-order valence-electron chi connectivity index (χ1n) is 6.45. The summed E-state index contributed by atoms with van der Waals surface area (Å²) in [7, 11) is 0. The second-order valence-corrected chi connectivity index (χ2v) is 5.49. The molecule has 0 N–H and O–H groups in total. The topological polar surface area (TPSA) is 39.9 Å². The van der Waals surface area contributed by atoms with Gasteiger partial charge in [0.15, 0.2) is 5.65 Å². The lowest BCUT2D eigenvalue weighted by molar-refractivity contribution is 0.0698. The average Bonchev–Trinajstić information content (AvgIpc) is 2.77. The molecule has 102 valence electrons. The van der Waals surface area contributed by atoms with Crippen molar-refractivity contribution in [1.29, 1.82) is 0 Å². The number of ether oxygens (including phenoxy) is 1. The zero-order valence-electron chi connectivity index (χ0n) is 10.5. The molecular weight excluding hydrogens is 285 g/mol. The maximum absolute atomic E-state index is 5.99. The third-order valence-corrected chi connectivity index (χ3v) is 3.84. The lowest BCUT2D eigenvalue weighted by atomic mass is 10.1. The van der Waals surface area contributed by atoms with Gasteiger partial charge in [0, 0.05) is 37.8 Å². The normalized spacial score (nSPS) is 17.2. The van der Waals surface area contributed by atoms with E-state index in [0.29, 0.717) is 16.9 Å². The first-order valence-corrected chi connectivity index (χ1v) is 7.37. The number of halogens is 2. The minimum atomic E-state index is 0.394. The highest BCUT2D eigenvalue weighted by Gasteiger charge is 2.22. The first-order chi connectivity index (χ1) is 9.29. The van der Waals surface area contributed by atoms with Gasteiger partial charge in [-0.1, -0.05) is 11.6 Å². The van der Waals surface area contributed by atoms with Crippen LogP contribution in [0.25, 0.3) is 11.2 Å². The van der Waals surface area contributed by atoms with Crippen molar-refractivity contribution < 1.29 is 4.74 Å². The predicted octanol–water partition coefficient (Wildman–Crippen LogP) is 3.22. The summed E-state index contributed by atoms with van der Waals surface area (Å²) in [5.41, 5.74) is 1.75. The van der Waals surface area contributed by atoms with E-state index in [2.05, 4.69) is 14.5 Å². The number of aromatic nitrogens is 3. The van der Waals surface area contributed by atoms with Crippen LogP contribution in [0.15, 0.2) is 12.3 Å². The van der Waals surface area contributed by atoms with Gasteiger partial charge < -0.3 is 9.30 Å². The highest BCUT2D eigenvalue weighted by atomic mass is 35.5. The molecule has 0 saturated carbocycles. The number of nitrogens with zero attached hydrogens (tertiary/aromatic N) is 3. The second-order valence-electron chi connectivity index (χ2n) is 4.68. The van der Waals surface area contributed by atoms with Crippen molar-refractivity contribution in [1.82, 2.24) is 14.5 Å². The molecule has 1 saturated heterocycles. The standard InChI is InChI=1S/C13H15Cl2N3O/c14-4-1-12-17-11-7-9(15)8-16-13(11)18(12)10-2-5-19-6-3-10/h7-8,10H,1-6H2. The number of fused-ring (bicyclic) bond motifs is 1. The predicted molar refractivity (Wildman–Crippen MR) is 76.1 cm³/mol. The fourth-order valence-electron chi connectivity index (χ4n) is 2.59. The molecule has 2 aromatic rings. The van der Waals surface area contributed by atoms with Crippen molar-refractivity contribution in [3.63, 3.8) is 0 Å². The lowest BCUT2D eigenvalue weighted by Crippen LogP contribution is -2.21. The third kappa shape index (κ3) is 2.57. The van der Waals surface area contributed by atoms with Crippen LogP contribution in [-0.2, 0) is 11.2 Å². The van der Waals surface area contributed by atoms with Gasteiger partial charge >= 0.3 is 0 Å². The smallest absolute Gasteiger partial charge is 0.160 e. The molecule has 0 radical (unpaired) electrons. The van der Waals surface area contributed by atoms with Crippen molar-refractivity contribution in [2.75, 3.05) is 19.1 Å². The minimum Gasteiger partial charge on any atom is -0.381 e. The maximum Gasteiger partial charge on any atom is 0.160 e. The summed E-state index contributed by atoms with van der Waals surface area (Å²) in [4.78, 5) is 9.07. The monoisotopic (exact) mass is 299 g/mol. The molecule has 0 aromatic carbocycles. The summed E-state index contributed by atoms with van der Waals surface area (Å²) in [6, 6.07) is 2.25. The fraction of sp³-hybridized carbons (Fsp3) is 0.538. The largest absolute Gasteiger partial charge is 0.381 e. The highest BCUT2D eigenvalue weighted by molar-refractivity contribution is 6.31. The number of imidazole rings is 1. The molecule has 1 aliphatic rings. The number of alkyl halides is 1. The van der Waals surface area contributed by atoms with Crippen LogP contribution >= 0.6 is 23.2 Å². The zero-order valence-corrected chi connectivity index (χ0v) is 12.0. The van der Waals surface area contributed by atoms with E-state index < -0.39 is 0 Å². The number of rotatable bonds is 3. The van der Waals surface area contributed by atoms with E-state index in [9.17, 15) is 0 Å². The molecule has 3 rings (SSSR count). The van der Waals surface area contributed by atoms with Crippen LogP contribution < -0.4 is 0 Å². The molecule has 0 aliphatic carbocycles. The Morgan fingerprint density at radius 3 is 2.89 bits per heavy atom. The van der Waals surface area contributed by atoms with E-state index in [1.54, 1.807) is 6.20 Å². The summed E-state index contributed by atoms with van der Waals surface area (Å²) < 4.78 is 7.65. The Bertz CT molecular complexity index is 579. The van der Waals surface area contributed by atoms with Crippen LogP contribution in [0.1, 0.15) is 24.7 Å². The summed E-state index contributed by atoms with van der Waals surface area (Å²) in [6.45, 7) is 1.58. The van der Waals surface area contributed by atoms with Gasteiger partial charge in [0.05, 0.1) is 5.02 Å². The molecule has 0 atom stereocenters. The zero-order chi connectivity index (χ0) is 13.2. The molecule has 19 heavy (non-hydrogen) atoms. The summed E-state index contributed by atoms with van der Waals surface area (Å²) in [6.07, 6.45) is 4.40. The average molecular weight is 300 g/mol. The molecule has 0 amide bonds. The van der Waals surface area contributed by atoms with Crippen molar-refractivity contribution >= 4 is 34.4 Å². The SMILES string of the molecule is ClCCc1nc2cc(Cl)cnc2n1C1CCOCC1. The van der Waals surface area contributed by atoms with Gasteiger partial charge in [-0.05, 0) is 18.9 Å². The van der Waals surface area contributed by atoms with Crippen LogP contribution in [0.3, 0.4) is 0 Å². The molecule has 3 heterocycles. The van der Waals surface area contributed by atoms with Crippen molar-refractivity contribution in [3.8, 4) is 0 Å². The number of hydrogen-bond acceptors (Lipinski definition) is 3. The fourth-order valence-corrected chi connectivity index (χ4v) is 2.91. The Morgan fingerprint density at radius 2 is 2.16 bits per heavy atom. The molecular formula is C13H15Cl2N3O. The third-order valence-electron chi connectivity index (χ3n) is 3.44. The van der Waals surface area contributed by atoms with Crippen molar-refractivity contribution in [2.45, 2.75) is 25.3 Å². The molecule has 6 heteroatoms. The van der Waals surface area contributed by atoms with E-state index >= 15 is 0 Å². The Hall–Kier alpha value is -0.840. The molecule has 0 spiro atoms. The molecule has 1 fully saturated rings. The second kappa shape index (κ2) is 5.65. The minimum absolute atomic E-state index is 0.394. The Labute approximate surface area is 121 Å². The highest BCUT2D eigenvalue weighted by Crippen LogP contribution is 2.28. The molecule has 1 aliphatic heterocycles. The van der Waals surface area contributed by atoms with Crippen molar-refractivity contribution in [2.24, 2.45) is 0 Å². The van der Waals surface area contributed by atoms with E-state index in [-0.39, 0.29) is 0 Å². The van der Waals surface area contributed by atoms with Crippen LogP contribution in [0.5, 0.6) is 0 Å². The number of pyridine rings is 1. The van der Waals surface area contributed by atoms with Gasteiger partial charge in [-0.25, -0.2) is 9.97 Å². The lowest BCUT2D eigenvalue weighted by Gasteiger charge is -2.25. The Balaban J connectivity index is 2.09.